The minimum atomic E-state index is -0.375. The minimum Gasteiger partial charge on any atom is -0.491 e. The lowest BCUT2D eigenvalue weighted by Crippen LogP contribution is -2.18. The van der Waals surface area contributed by atoms with Crippen LogP contribution >= 0.6 is 0 Å². The maximum Gasteiger partial charge on any atom is 0.165 e. The van der Waals surface area contributed by atoms with Gasteiger partial charge in [0, 0.05) is 42.3 Å². The van der Waals surface area contributed by atoms with Crippen molar-refractivity contribution >= 4 is 0 Å². The van der Waals surface area contributed by atoms with Crippen LogP contribution in [0.4, 0.5) is 4.39 Å². The number of unbranched alkanes of at least 4 members (excludes halogenated alkanes) is 1. The van der Waals surface area contributed by atoms with Gasteiger partial charge >= 0.3 is 0 Å². The molecule has 0 spiro atoms. The number of nitrogens with zero attached hydrogens (tertiary/aromatic N) is 3. The summed E-state index contributed by atoms with van der Waals surface area (Å²) in [5, 5.41) is 8.34. The van der Waals surface area contributed by atoms with Gasteiger partial charge in [0.25, 0.3) is 0 Å². The summed E-state index contributed by atoms with van der Waals surface area (Å²) >= 11 is 0. The van der Waals surface area contributed by atoms with Gasteiger partial charge in [0.2, 0.25) is 0 Å². The van der Waals surface area contributed by atoms with Crippen molar-refractivity contribution in [2.24, 2.45) is 0 Å². The SMILES string of the molecule is CCCCOc1ccc(-c2nn(-c3ccccc3)cc2CNC(C)c2cccnc2)cc1F. The number of benzene rings is 2. The van der Waals surface area contributed by atoms with Crippen molar-refractivity contribution in [2.45, 2.75) is 39.3 Å². The van der Waals surface area contributed by atoms with Gasteiger partial charge in [-0.15, -0.1) is 0 Å². The van der Waals surface area contributed by atoms with E-state index in [-0.39, 0.29) is 17.6 Å². The van der Waals surface area contributed by atoms with Crippen molar-refractivity contribution in [3.05, 3.63) is 96.2 Å². The topological polar surface area (TPSA) is 52.0 Å². The van der Waals surface area contributed by atoms with Gasteiger partial charge in [-0.05, 0) is 55.3 Å². The molecule has 0 saturated heterocycles. The smallest absolute Gasteiger partial charge is 0.165 e. The fourth-order valence-corrected chi connectivity index (χ4v) is 3.60. The molecule has 6 heteroatoms. The van der Waals surface area contributed by atoms with E-state index in [1.807, 2.05) is 65.6 Å². The second kappa shape index (κ2) is 10.9. The Balaban J connectivity index is 1.62. The van der Waals surface area contributed by atoms with Gasteiger partial charge < -0.3 is 10.1 Å². The first kappa shape index (κ1) is 22.7. The van der Waals surface area contributed by atoms with Crippen LogP contribution in [0.15, 0.2) is 79.3 Å². The molecule has 1 atom stereocenters. The molecule has 170 valence electrons. The maximum absolute atomic E-state index is 14.8. The first-order valence-electron chi connectivity index (χ1n) is 11.4. The summed E-state index contributed by atoms with van der Waals surface area (Å²) in [6.07, 6.45) is 7.52. The van der Waals surface area contributed by atoms with Gasteiger partial charge in [-0.3, -0.25) is 4.98 Å². The van der Waals surface area contributed by atoms with Crippen molar-refractivity contribution in [3.8, 4) is 22.7 Å². The van der Waals surface area contributed by atoms with E-state index in [9.17, 15) is 4.39 Å². The van der Waals surface area contributed by atoms with E-state index >= 15 is 0 Å². The average Bonchev–Trinajstić information content (AvgIpc) is 3.29. The van der Waals surface area contributed by atoms with Crippen molar-refractivity contribution in [1.29, 1.82) is 0 Å². The Morgan fingerprint density at radius 2 is 1.94 bits per heavy atom. The Kier molecular flexibility index (Phi) is 7.47. The van der Waals surface area contributed by atoms with Crippen molar-refractivity contribution in [2.75, 3.05) is 6.61 Å². The number of rotatable bonds is 10. The number of halogens is 1. The molecule has 1 N–H and O–H groups in total. The van der Waals surface area contributed by atoms with E-state index in [0.29, 0.717) is 13.2 Å². The largest absolute Gasteiger partial charge is 0.491 e. The Morgan fingerprint density at radius 1 is 1.09 bits per heavy atom. The predicted octanol–water partition coefficient (Wildman–Crippen LogP) is 6.10. The standard InChI is InChI=1S/C27H29FN4O/c1-3-4-15-33-26-13-12-21(16-25(26)28)27-23(18-30-20(2)22-9-8-14-29-17-22)19-32(31-27)24-10-6-5-7-11-24/h5-14,16-17,19-20,30H,3-4,15,18H2,1-2H3. The predicted molar refractivity (Wildman–Crippen MR) is 129 cm³/mol. The molecule has 0 bridgehead atoms. The summed E-state index contributed by atoms with van der Waals surface area (Å²) in [5.41, 5.74) is 4.49. The van der Waals surface area contributed by atoms with Gasteiger partial charge in [-0.2, -0.15) is 5.10 Å². The third-order valence-electron chi connectivity index (χ3n) is 5.55. The molecular formula is C27H29FN4O. The van der Waals surface area contributed by atoms with Crippen LogP contribution in [0, 0.1) is 5.82 Å². The Morgan fingerprint density at radius 3 is 2.67 bits per heavy atom. The van der Waals surface area contributed by atoms with Gasteiger partial charge in [-0.1, -0.05) is 37.6 Å². The Bertz CT molecular complexity index is 1160. The third-order valence-corrected chi connectivity index (χ3v) is 5.55. The summed E-state index contributed by atoms with van der Waals surface area (Å²) in [6, 6.07) is 19.1. The van der Waals surface area contributed by atoms with Crippen LogP contribution in [-0.4, -0.2) is 21.4 Å². The first-order valence-corrected chi connectivity index (χ1v) is 11.4. The number of aromatic nitrogens is 3. The van der Waals surface area contributed by atoms with Crippen molar-refractivity contribution in [3.63, 3.8) is 0 Å². The summed E-state index contributed by atoms with van der Waals surface area (Å²) in [6.45, 7) is 5.27. The van der Waals surface area contributed by atoms with Crippen molar-refractivity contribution in [1.82, 2.24) is 20.1 Å². The second-order valence-corrected chi connectivity index (χ2v) is 8.02. The highest BCUT2D eigenvalue weighted by atomic mass is 19.1. The molecule has 33 heavy (non-hydrogen) atoms. The average molecular weight is 445 g/mol. The van der Waals surface area contributed by atoms with E-state index in [1.165, 1.54) is 6.07 Å². The van der Waals surface area contributed by atoms with Crippen LogP contribution < -0.4 is 10.1 Å². The molecule has 0 aliphatic heterocycles. The highest BCUT2D eigenvalue weighted by molar-refractivity contribution is 5.64. The van der Waals surface area contributed by atoms with Crippen LogP contribution in [0.5, 0.6) is 5.75 Å². The lowest BCUT2D eigenvalue weighted by Gasteiger charge is -2.14. The zero-order valence-corrected chi connectivity index (χ0v) is 19.0. The molecule has 5 nitrogen and oxygen atoms in total. The van der Waals surface area contributed by atoms with E-state index in [0.717, 1.165) is 40.9 Å². The van der Waals surface area contributed by atoms with Crippen LogP contribution in [-0.2, 0) is 6.54 Å². The molecule has 2 aromatic carbocycles. The Hall–Kier alpha value is -3.51. The molecule has 0 radical (unpaired) electrons. The van der Waals surface area contributed by atoms with Crippen molar-refractivity contribution < 1.29 is 9.13 Å². The number of para-hydroxylation sites is 1. The molecule has 2 aromatic heterocycles. The lowest BCUT2D eigenvalue weighted by molar-refractivity contribution is 0.294. The molecule has 4 aromatic rings. The molecule has 1 unspecified atom stereocenters. The summed E-state index contributed by atoms with van der Waals surface area (Å²) in [4.78, 5) is 4.20. The molecule has 0 aliphatic carbocycles. The first-order chi connectivity index (χ1) is 16.2. The van der Waals surface area contributed by atoms with E-state index in [4.69, 9.17) is 9.84 Å². The summed E-state index contributed by atoms with van der Waals surface area (Å²) < 4.78 is 22.2. The van der Waals surface area contributed by atoms with E-state index < -0.39 is 0 Å². The lowest BCUT2D eigenvalue weighted by atomic mass is 10.1. The molecule has 4 rings (SSSR count). The van der Waals surface area contributed by atoms with Crippen LogP contribution in [0.3, 0.4) is 0 Å². The Labute approximate surface area is 194 Å². The van der Waals surface area contributed by atoms with Gasteiger partial charge in [0.1, 0.15) is 0 Å². The highest BCUT2D eigenvalue weighted by Gasteiger charge is 2.16. The second-order valence-electron chi connectivity index (χ2n) is 8.02. The van der Waals surface area contributed by atoms with Gasteiger partial charge in [0.15, 0.2) is 11.6 Å². The number of hydrogen-bond acceptors (Lipinski definition) is 4. The van der Waals surface area contributed by atoms with Gasteiger partial charge in [0.05, 0.1) is 18.0 Å². The molecule has 0 aliphatic rings. The quantitative estimate of drug-likeness (QED) is 0.300. The van der Waals surface area contributed by atoms with Gasteiger partial charge in [-0.25, -0.2) is 9.07 Å². The summed E-state index contributed by atoms with van der Waals surface area (Å²) in [7, 11) is 0. The van der Waals surface area contributed by atoms with E-state index in [1.54, 1.807) is 12.3 Å². The fraction of sp³-hybridized carbons (Fsp3) is 0.259. The molecular weight excluding hydrogens is 415 g/mol. The molecule has 0 saturated carbocycles. The fourth-order valence-electron chi connectivity index (χ4n) is 3.60. The van der Waals surface area contributed by atoms with Crippen LogP contribution in [0.1, 0.15) is 43.9 Å². The number of ether oxygens (including phenoxy) is 1. The number of hydrogen-bond donors (Lipinski definition) is 1. The zero-order valence-electron chi connectivity index (χ0n) is 19.0. The number of pyridine rings is 1. The van der Waals surface area contributed by atoms with Crippen LogP contribution in [0.25, 0.3) is 16.9 Å². The maximum atomic E-state index is 14.8. The van der Waals surface area contributed by atoms with E-state index in [2.05, 4.69) is 24.1 Å². The third kappa shape index (κ3) is 5.65. The number of nitrogens with one attached hydrogen (secondary N) is 1. The summed E-state index contributed by atoms with van der Waals surface area (Å²) in [5.74, 6) is -0.0972. The van der Waals surface area contributed by atoms with Crippen LogP contribution in [0.2, 0.25) is 0 Å². The highest BCUT2D eigenvalue weighted by Crippen LogP contribution is 2.29. The monoisotopic (exact) mass is 444 g/mol. The normalized spacial score (nSPS) is 12.0. The molecule has 0 fully saturated rings. The zero-order chi connectivity index (χ0) is 23.0. The minimum absolute atomic E-state index is 0.109. The molecule has 2 heterocycles. The molecule has 0 amide bonds.